The Labute approximate surface area is 181 Å². The third-order valence-electron chi connectivity index (χ3n) is 4.91. The lowest BCUT2D eigenvalue weighted by molar-refractivity contribution is -0.385. The Morgan fingerprint density at radius 2 is 1.77 bits per heavy atom. The molecule has 1 atom stereocenters. The van der Waals surface area contributed by atoms with E-state index in [4.69, 9.17) is 11.6 Å². The second-order valence-electron chi connectivity index (χ2n) is 6.70. The van der Waals surface area contributed by atoms with Gasteiger partial charge in [-0.15, -0.1) is 0 Å². The highest BCUT2D eigenvalue weighted by atomic mass is 35.5. The molecule has 2 aromatic carbocycles. The normalized spacial score (nSPS) is 17.7. The summed E-state index contributed by atoms with van der Waals surface area (Å²) in [4.78, 5) is 42.2. The van der Waals surface area contributed by atoms with Crippen LogP contribution in [0, 0.1) is 10.1 Å². The van der Waals surface area contributed by atoms with Gasteiger partial charge in [0.25, 0.3) is 17.4 Å². The molecular formula is C22H14ClN3O5. The van der Waals surface area contributed by atoms with Crippen molar-refractivity contribution in [2.45, 2.75) is 6.04 Å². The van der Waals surface area contributed by atoms with Crippen molar-refractivity contribution in [1.29, 1.82) is 0 Å². The first-order chi connectivity index (χ1) is 14.9. The summed E-state index contributed by atoms with van der Waals surface area (Å²) in [5, 5.41) is 23.1. The van der Waals surface area contributed by atoms with Crippen LogP contribution < -0.4 is 4.90 Å². The molecule has 1 saturated heterocycles. The van der Waals surface area contributed by atoms with Crippen molar-refractivity contribution in [3.63, 3.8) is 0 Å². The number of aliphatic hydroxyl groups excluding tert-OH is 1. The number of hydrogen-bond acceptors (Lipinski definition) is 6. The maximum absolute atomic E-state index is 13.0. The smallest absolute Gasteiger partial charge is 0.300 e. The molecule has 1 aromatic heterocycles. The van der Waals surface area contributed by atoms with E-state index in [1.54, 1.807) is 18.2 Å². The summed E-state index contributed by atoms with van der Waals surface area (Å²) < 4.78 is 0. The highest BCUT2D eigenvalue weighted by molar-refractivity contribution is 6.51. The Bertz CT molecular complexity index is 1230. The molecule has 8 nitrogen and oxygen atoms in total. The quantitative estimate of drug-likeness (QED) is 0.215. The van der Waals surface area contributed by atoms with Crippen LogP contribution in [0.3, 0.4) is 0 Å². The van der Waals surface area contributed by atoms with E-state index in [2.05, 4.69) is 4.98 Å². The maximum atomic E-state index is 13.0. The number of rotatable bonds is 4. The molecule has 1 unspecified atom stereocenters. The molecule has 0 aliphatic carbocycles. The number of anilines is 1. The molecule has 0 radical (unpaired) electrons. The third kappa shape index (κ3) is 3.53. The monoisotopic (exact) mass is 435 g/mol. The zero-order valence-electron chi connectivity index (χ0n) is 15.8. The van der Waals surface area contributed by atoms with Crippen LogP contribution in [0.15, 0.2) is 78.6 Å². The van der Waals surface area contributed by atoms with Gasteiger partial charge in [-0.2, -0.15) is 0 Å². The Kier molecular flexibility index (Phi) is 5.22. The van der Waals surface area contributed by atoms with Crippen LogP contribution in [-0.2, 0) is 9.59 Å². The van der Waals surface area contributed by atoms with Gasteiger partial charge in [-0.1, -0.05) is 23.7 Å². The van der Waals surface area contributed by atoms with Gasteiger partial charge in [0, 0.05) is 22.8 Å². The average Bonchev–Trinajstić information content (AvgIpc) is 3.05. The van der Waals surface area contributed by atoms with Crippen molar-refractivity contribution in [3.8, 4) is 0 Å². The van der Waals surface area contributed by atoms with E-state index in [9.17, 15) is 24.8 Å². The number of hydrogen-bond donors (Lipinski definition) is 1. The molecule has 0 spiro atoms. The molecule has 154 valence electrons. The number of halogens is 1. The van der Waals surface area contributed by atoms with Crippen LogP contribution in [0.25, 0.3) is 5.76 Å². The van der Waals surface area contributed by atoms with E-state index in [1.807, 2.05) is 0 Å². The number of carbonyl (C=O) groups is 2. The number of nitro benzene ring substituents is 1. The average molecular weight is 436 g/mol. The van der Waals surface area contributed by atoms with Gasteiger partial charge < -0.3 is 5.11 Å². The van der Waals surface area contributed by atoms with E-state index < -0.39 is 28.4 Å². The predicted octanol–water partition coefficient (Wildman–Crippen LogP) is 4.27. The fourth-order valence-corrected chi connectivity index (χ4v) is 3.66. The minimum atomic E-state index is -1.22. The lowest BCUT2D eigenvalue weighted by atomic mass is 9.94. The summed E-state index contributed by atoms with van der Waals surface area (Å²) in [5.74, 6) is -2.34. The fourth-order valence-electron chi connectivity index (χ4n) is 3.54. The number of para-hydroxylation sites is 1. The first-order valence-electron chi connectivity index (χ1n) is 9.10. The molecule has 2 heterocycles. The van der Waals surface area contributed by atoms with E-state index in [-0.39, 0.29) is 28.1 Å². The van der Waals surface area contributed by atoms with E-state index in [1.165, 1.54) is 54.9 Å². The summed E-state index contributed by atoms with van der Waals surface area (Å²) in [7, 11) is 0. The van der Waals surface area contributed by atoms with Crippen molar-refractivity contribution in [2.24, 2.45) is 0 Å². The zero-order valence-corrected chi connectivity index (χ0v) is 16.6. The van der Waals surface area contributed by atoms with Crippen LogP contribution >= 0.6 is 11.6 Å². The number of nitrogens with zero attached hydrogens (tertiary/aromatic N) is 3. The summed E-state index contributed by atoms with van der Waals surface area (Å²) in [5.41, 5.74) is 0.0573. The van der Waals surface area contributed by atoms with Crippen LogP contribution in [0.1, 0.15) is 17.2 Å². The molecule has 3 aromatic rings. The standard InChI is InChI=1S/C22H14ClN3O5/c23-14-9-7-13(8-10-14)20(27)18-19(16-5-1-2-6-17(16)26(30)31)25(22(29)21(18)28)15-4-3-11-24-12-15/h1-12,19,27H. The first-order valence-corrected chi connectivity index (χ1v) is 9.48. The van der Waals surface area contributed by atoms with Gasteiger partial charge in [0.2, 0.25) is 0 Å². The summed E-state index contributed by atoms with van der Waals surface area (Å²) in [6, 6.07) is 13.7. The van der Waals surface area contributed by atoms with E-state index >= 15 is 0 Å². The maximum Gasteiger partial charge on any atom is 0.300 e. The van der Waals surface area contributed by atoms with E-state index in [0.29, 0.717) is 5.02 Å². The SMILES string of the molecule is O=C1C(=O)N(c2cccnc2)C(c2ccccc2[N+](=O)[O-])C1=C(O)c1ccc(Cl)cc1. The number of carbonyl (C=O) groups excluding carboxylic acids is 2. The second kappa shape index (κ2) is 8.00. The Balaban J connectivity index is 2.01. The van der Waals surface area contributed by atoms with Gasteiger partial charge in [0.05, 0.1) is 27.9 Å². The van der Waals surface area contributed by atoms with Crippen molar-refractivity contribution < 1.29 is 19.6 Å². The highest BCUT2D eigenvalue weighted by Crippen LogP contribution is 2.44. The van der Waals surface area contributed by atoms with Crippen LogP contribution in [0.4, 0.5) is 11.4 Å². The third-order valence-corrected chi connectivity index (χ3v) is 5.17. The summed E-state index contributed by atoms with van der Waals surface area (Å²) in [6.45, 7) is 0. The van der Waals surface area contributed by atoms with Gasteiger partial charge in [-0.05, 0) is 42.5 Å². The topological polar surface area (TPSA) is 114 Å². The fraction of sp³-hybridized carbons (Fsp3) is 0.0455. The zero-order chi connectivity index (χ0) is 22.1. The summed E-state index contributed by atoms with van der Waals surface area (Å²) >= 11 is 5.90. The lowest BCUT2D eigenvalue weighted by Gasteiger charge is -2.24. The van der Waals surface area contributed by atoms with Crippen LogP contribution in [0.5, 0.6) is 0 Å². The second-order valence-corrected chi connectivity index (χ2v) is 7.14. The Morgan fingerprint density at radius 1 is 1.06 bits per heavy atom. The molecule has 1 aliphatic rings. The molecule has 1 N–H and O–H groups in total. The largest absolute Gasteiger partial charge is 0.507 e. The number of nitro groups is 1. The molecule has 1 amide bonds. The van der Waals surface area contributed by atoms with Gasteiger partial charge in [-0.25, -0.2) is 0 Å². The number of Topliss-reactive ketones (excluding diaryl/α,β-unsaturated/α-hetero) is 1. The number of ketones is 1. The Hall–Kier alpha value is -4.04. The molecule has 1 fully saturated rings. The van der Waals surface area contributed by atoms with Gasteiger partial charge in [0.1, 0.15) is 11.8 Å². The van der Waals surface area contributed by atoms with Crippen LogP contribution in [-0.4, -0.2) is 26.7 Å². The number of pyridine rings is 1. The number of aliphatic hydroxyl groups is 1. The number of benzene rings is 2. The molecule has 1 aliphatic heterocycles. The number of aromatic nitrogens is 1. The van der Waals surface area contributed by atoms with Crippen molar-refractivity contribution in [1.82, 2.24) is 4.98 Å². The van der Waals surface area contributed by atoms with Gasteiger partial charge in [0.15, 0.2) is 0 Å². The summed E-state index contributed by atoms with van der Waals surface area (Å²) in [6.07, 6.45) is 2.86. The molecule has 4 rings (SSSR count). The molecule has 9 heteroatoms. The first kappa shape index (κ1) is 20.2. The minimum Gasteiger partial charge on any atom is -0.507 e. The van der Waals surface area contributed by atoms with Crippen LogP contribution in [0.2, 0.25) is 5.02 Å². The van der Waals surface area contributed by atoms with Crippen molar-refractivity contribution in [3.05, 3.63) is 105 Å². The molecule has 31 heavy (non-hydrogen) atoms. The molecule has 0 saturated carbocycles. The lowest BCUT2D eigenvalue weighted by Crippen LogP contribution is -2.29. The molecular weight excluding hydrogens is 422 g/mol. The highest BCUT2D eigenvalue weighted by Gasteiger charge is 2.49. The molecule has 0 bridgehead atoms. The predicted molar refractivity (Wildman–Crippen MR) is 114 cm³/mol. The minimum absolute atomic E-state index is 0.0890. The van der Waals surface area contributed by atoms with Gasteiger partial charge in [-0.3, -0.25) is 29.6 Å². The van der Waals surface area contributed by atoms with Crippen molar-refractivity contribution >= 4 is 40.4 Å². The number of amides is 1. The Morgan fingerprint density at radius 3 is 2.42 bits per heavy atom. The van der Waals surface area contributed by atoms with Gasteiger partial charge >= 0.3 is 0 Å². The van der Waals surface area contributed by atoms with E-state index in [0.717, 1.165) is 4.90 Å². The van der Waals surface area contributed by atoms with Crippen molar-refractivity contribution in [2.75, 3.05) is 4.90 Å².